The fourth-order valence-corrected chi connectivity index (χ4v) is 2.62. The van der Waals surface area contributed by atoms with Gasteiger partial charge in [0, 0.05) is 0 Å². The van der Waals surface area contributed by atoms with Gasteiger partial charge in [0.25, 0.3) is 0 Å². The molecule has 3 atom stereocenters. The molecular weight excluding hydrogens is 289 g/mol. The summed E-state index contributed by atoms with van der Waals surface area (Å²) < 4.78 is 24.3. The Bertz CT molecular complexity index is 239. The molecule has 11 heteroatoms. The Morgan fingerprint density at radius 1 is 1.46 bits per heavy atom. The third-order valence-electron chi connectivity index (χ3n) is 0.803. The molecule has 0 saturated heterocycles. The molecule has 0 aliphatic heterocycles. The van der Waals surface area contributed by atoms with E-state index in [0.717, 1.165) is 0 Å². The Kier molecular flexibility index (Phi) is 7.40. The van der Waals surface area contributed by atoms with Crippen LogP contribution in [0.1, 0.15) is 0 Å². The predicted molar refractivity (Wildman–Crippen MR) is 35.2 cm³/mol. The van der Waals surface area contributed by atoms with Crippen molar-refractivity contribution >= 4 is 26.8 Å². The van der Waals surface area contributed by atoms with Crippen LogP contribution in [0.4, 0.5) is 0 Å². The molecule has 0 saturated carbocycles. The van der Waals surface area contributed by atoms with E-state index < -0.39 is 26.8 Å². The Hall–Kier alpha value is 1.07. The zero-order valence-electron chi connectivity index (χ0n) is 5.85. The first-order valence-electron chi connectivity index (χ1n) is 2.44. The molecule has 0 aliphatic carbocycles. The van der Waals surface area contributed by atoms with E-state index in [1.165, 1.54) is 0 Å². The van der Waals surface area contributed by atoms with E-state index in [1.54, 1.807) is 0 Å². The maximum Gasteiger partial charge on any atom is 2.00 e. The van der Waals surface area contributed by atoms with E-state index in [4.69, 9.17) is 21.6 Å². The molecule has 7 nitrogen and oxygen atoms in total. The normalized spacial score (nSPS) is 22.2. The molecule has 0 spiro atoms. The van der Waals surface area contributed by atoms with Crippen molar-refractivity contribution < 1.29 is 50.5 Å². The van der Waals surface area contributed by atoms with Crippen LogP contribution in [0, 0.1) is 0 Å². The number of halogens is 1. The first kappa shape index (κ1) is 16.5. The van der Waals surface area contributed by atoms with Gasteiger partial charge in [0.2, 0.25) is 0 Å². The van der Waals surface area contributed by atoms with E-state index in [2.05, 4.69) is 4.52 Å². The van der Waals surface area contributed by atoms with Crippen LogP contribution < -0.4 is 9.79 Å². The van der Waals surface area contributed by atoms with Crippen LogP contribution in [0.25, 0.3) is 0 Å². The predicted octanol–water partition coefficient (Wildman–Crippen LogP) is -1.43. The van der Waals surface area contributed by atoms with Crippen molar-refractivity contribution in [1.82, 2.24) is 0 Å². The van der Waals surface area contributed by atoms with Gasteiger partial charge in [-0.3, -0.25) is 0 Å². The van der Waals surface area contributed by atoms with Gasteiger partial charge in [0.15, 0.2) is 20.8 Å². The Labute approximate surface area is 89.2 Å². The first-order chi connectivity index (χ1) is 5.22. The summed E-state index contributed by atoms with van der Waals surface area (Å²) >= 11 is 4.80. The monoisotopic (exact) mass is 294 g/mol. The summed E-state index contributed by atoms with van der Waals surface area (Å²) in [5, 5.41) is 8.46. The molecular formula is C2H5ClFeO7P2. The fraction of sp³-hybridized carbons (Fsp3) is 1.00. The van der Waals surface area contributed by atoms with E-state index in [0.29, 0.717) is 0 Å². The van der Waals surface area contributed by atoms with Crippen LogP contribution in [-0.2, 0) is 30.7 Å². The van der Waals surface area contributed by atoms with E-state index in [1.807, 2.05) is 0 Å². The molecule has 0 amide bonds. The van der Waals surface area contributed by atoms with Crippen LogP contribution in [0.5, 0.6) is 0 Å². The molecule has 0 aromatic carbocycles. The largest absolute Gasteiger partial charge is 2.00 e. The van der Waals surface area contributed by atoms with Gasteiger partial charge in [0.1, 0.15) is 6.07 Å². The quantitative estimate of drug-likeness (QED) is 0.369. The van der Waals surface area contributed by atoms with Crippen molar-refractivity contribution in [2.24, 2.45) is 0 Å². The minimum Gasteiger partial charge on any atom is -0.776 e. The topological polar surface area (TPSA) is 130 Å². The van der Waals surface area contributed by atoms with Gasteiger partial charge in [-0.25, -0.2) is 0 Å². The van der Waals surface area contributed by atoms with Gasteiger partial charge in [-0.15, -0.1) is 0 Å². The molecule has 0 radical (unpaired) electrons. The molecule has 0 heterocycles. The SMILES string of the molecule is O=P([O-])(O)C(O)P(=O)([O-])OCCl.[Fe+2]. The van der Waals surface area contributed by atoms with Crippen LogP contribution in [0.2, 0.25) is 0 Å². The first-order valence-corrected chi connectivity index (χ1v) is 6.24. The summed E-state index contributed by atoms with van der Waals surface area (Å²) in [6.07, 6.45) is 0. The maximum absolute atomic E-state index is 10.5. The van der Waals surface area contributed by atoms with E-state index >= 15 is 0 Å². The third-order valence-corrected chi connectivity index (χ3v) is 4.43. The summed E-state index contributed by atoms with van der Waals surface area (Å²) in [4.78, 5) is 28.7. The molecule has 0 fully saturated rings. The number of hydrogen-bond acceptors (Lipinski definition) is 6. The molecule has 80 valence electrons. The smallest absolute Gasteiger partial charge is 0.776 e. The average Bonchev–Trinajstić information content (AvgIpc) is 1.84. The van der Waals surface area contributed by atoms with E-state index in [-0.39, 0.29) is 17.1 Å². The minimum absolute atomic E-state index is 0. The van der Waals surface area contributed by atoms with Crippen molar-refractivity contribution in [3.8, 4) is 0 Å². The van der Waals surface area contributed by atoms with E-state index in [9.17, 15) is 18.9 Å². The van der Waals surface area contributed by atoms with Crippen LogP contribution in [0.15, 0.2) is 0 Å². The number of aliphatic hydroxyl groups is 1. The fourth-order valence-electron chi connectivity index (χ4n) is 0.313. The Morgan fingerprint density at radius 3 is 2.08 bits per heavy atom. The molecule has 0 aliphatic rings. The minimum atomic E-state index is -5.36. The molecule has 13 heavy (non-hydrogen) atoms. The van der Waals surface area contributed by atoms with Crippen molar-refractivity contribution in [2.75, 3.05) is 6.07 Å². The van der Waals surface area contributed by atoms with Gasteiger partial charge in [0.05, 0.1) is 0 Å². The van der Waals surface area contributed by atoms with Crippen molar-refractivity contribution in [1.29, 1.82) is 0 Å². The van der Waals surface area contributed by atoms with Crippen molar-refractivity contribution in [2.45, 2.75) is 5.59 Å². The zero-order chi connectivity index (χ0) is 9.99. The zero-order valence-corrected chi connectivity index (χ0v) is 9.50. The van der Waals surface area contributed by atoms with Crippen molar-refractivity contribution in [3.63, 3.8) is 0 Å². The summed E-state index contributed by atoms with van der Waals surface area (Å²) in [7, 11) is -10.4. The summed E-state index contributed by atoms with van der Waals surface area (Å²) in [6, 6.07) is -0.835. The Morgan fingerprint density at radius 2 is 1.85 bits per heavy atom. The van der Waals surface area contributed by atoms with Gasteiger partial charge < -0.3 is 33.4 Å². The molecule has 0 aromatic rings. The van der Waals surface area contributed by atoms with Gasteiger partial charge >= 0.3 is 17.1 Å². The Balaban J connectivity index is 0. The summed E-state index contributed by atoms with van der Waals surface area (Å²) in [6.45, 7) is 0. The van der Waals surface area contributed by atoms with Crippen LogP contribution in [-0.4, -0.2) is 21.7 Å². The van der Waals surface area contributed by atoms with Gasteiger partial charge in [-0.1, -0.05) is 11.6 Å². The third kappa shape index (κ3) is 5.50. The molecule has 0 aromatic heterocycles. The van der Waals surface area contributed by atoms with Crippen LogP contribution in [0.3, 0.4) is 0 Å². The molecule has 2 N–H and O–H groups in total. The average molecular weight is 294 g/mol. The van der Waals surface area contributed by atoms with Gasteiger partial charge in [-0.2, -0.15) is 0 Å². The van der Waals surface area contributed by atoms with Crippen molar-refractivity contribution in [3.05, 3.63) is 0 Å². The number of alkyl halides is 1. The second-order valence-corrected chi connectivity index (χ2v) is 5.76. The second kappa shape index (κ2) is 5.83. The molecule has 0 rings (SSSR count). The number of aliphatic hydroxyl groups excluding tert-OH is 1. The number of rotatable bonds is 4. The molecule has 0 bridgehead atoms. The summed E-state index contributed by atoms with van der Waals surface area (Å²) in [5.41, 5.74) is -2.97. The van der Waals surface area contributed by atoms with Crippen LogP contribution >= 0.6 is 26.8 Å². The number of hydrogen-bond donors (Lipinski definition) is 2. The second-order valence-electron chi connectivity index (χ2n) is 1.69. The van der Waals surface area contributed by atoms with Gasteiger partial charge in [-0.05, 0) is 0 Å². The maximum atomic E-state index is 10.5. The molecule has 3 unspecified atom stereocenters. The summed E-state index contributed by atoms with van der Waals surface area (Å²) in [5.74, 6) is 0. The standard InChI is InChI=1S/C2H7ClO7P2.Fe/c3-1-10-12(8,9)2(4)11(5,6)7;/h2,4H,1H2,(H,8,9)(H2,5,6,7);/q;+2/p-2.